The molecule has 8 nitrogen and oxygen atoms in total. The number of benzene rings is 2. The van der Waals surface area contributed by atoms with Crippen LogP contribution >= 0.6 is 0 Å². The van der Waals surface area contributed by atoms with E-state index in [2.05, 4.69) is 5.10 Å². The van der Waals surface area contributed by atoms with Crippen molar-refractivity contribution in [3.8, 4) is 11.4 Å². The first-order valence-electron chi connectivity index (χ1n) is 12.4. The summed E-state index contributed by atoms with van der Waals surface area (Å²) in [6.45, 7) is 3.93. The normalized spacial score (nSPS) is 18.0. The summed E-state index contributed by atoms with van der Waals surface area (Å²) < 4.78 is 89.7. The lowest BCUT2D eigenvalue weighted by Crippen LogP contribution is -2.50. The van der Waals surface area contributed by atoms with Crippen LogP contribution in [-0.4, -0.2) is 53.9 Å². The van der Waals surface area contributed by atoms with Crippen LogP contribution in [-0.2, 0) is 16.4 Å². The van der Waals surface area contributed by atoms with Gasteiger partial charge < -0.3 is 9.64 Å². The van der Waals surface area contributed by atoms with Gasteiger partial charge in [-0.15, -0.1) is 0 Å². The molecule has 0 N–H and O–H groups in total. The van der Waals surface area contributed by atoms with Gasteiger partial charge in [-0.1, -0.05) is 0 Å². The predicted molar refractivity (Wildman–Crippen MR) is 136 cm³/mol. The van der Waals surface area contributed by atoms with Crippen molar-refractivity contribution >= 4 is 15.7 Å². The number of anilines is 1. The third-order valence-electron chi connectivity index (χ3n) is 7.00. The Bertz CT molecular complexity index is 1570. The SMILES string of the molecule is CC(C)S(=O)(=O)N1CCN(c2cnn(-c3cc(F)cc(F)c3)c(=O)c2OC2CCc3c(F)cc(F)cc32)CC1. The second-order valence-electron chi connectivity index (χ2n) is 9.78. The van der Waals surface area contributed by atoms with Gasteiger partial charge in [-0.2, -0.15) is 14.1 Å². The zero-order valence-electron chi connectivity index (χ0n) is 21.2. The molecule has 208 valence electrons. The van der Waals surface area contributed by atoms with Crippen LogP contribution in [0.25, 0.3) is 5.69 Å². The van der Waals surface area contributed by atoms with Gasteiger partial charge in [0.2, 0.25) is 15.8 Å². The highest BCUT2D eigenvalue weighted by Gasteiger charge is 2.33. The molecular formula is C26H26F4N4O4S. The van der Waals surface area contributed by atoms with Crippen LogP contribution in [0.2, 0.25) is 0 Å². The van der Waals surface area contributed by atoms with E-state index in [1.54, 1.807) is 18.7 Å². The molecule has 1 unspecified atom stereocenters. The zero-order chi connectivity index (χ0) is 28.1. The topological polar surface area (TPSA) is 84.7 Å². The maximum Gasteiger partial charge on any atom is 0.316 e. The van der Waals surface area contributed by atoms with E-state index in [1.807, 2.05) is 0 Å². The Morgan fingerprint density at radius 2 is 1.59 bits per heavy atom. The quantitative estimate of drug-likeness (QED) is 0.423. The number of rotatable bonds is 6. The molecule has 0 bridgehead atoms. The molecule has 2 aliphatic rings. The molecule has 0 spiro atoms. The van der Waals surface area contributed by atoms with Crippen molar-refractivity contribution in [2.45, 2.75) is 38.0 Å². The van der Waals surface area contributed by atoms with Gasteiger partial charge in [0, 0.05) is 43.9 Å². The second-order valence-corrected chi connectivity index (χ2v) is 12.3. The van der Waals surface area contributed by atoms with Crippen LogP contribution in [0, 0.1) is 23.3 Å². The minimum atomic E-state index is -3.48. The lowest BCUT2D eigenvalue weighted by Gasteiger charge is -2.36. The van der Waals surface area contributed by atoms with Gasteiger partial charge in [0.15, 0.2) is 0 Å². The number of hydrogen-bond acceptors (Lipinski definition) is 6. The lowest BCUT2D eigenvalue weighted by molar-refractivity contribution is 0.203. The molecule has 1 aromatic heterocycles. The Kier molecular flexibility index (Phi) is 7.14. The van der Waals surface area contributed by atoms with Gasteiger partial charge in [-0.25, -0.2) is 26.0 Å². The van der Waals surface area contributed by atoms with Crippen molar-refractivity contribution in [3.05, 3.63) is 81.3 Å². The first kappa shape index (κ1) is 27.1. The summed E-state index contributed by atoms with van der Waals surface area (Å²) >= 11 is 0. The number of aromatic nitrogens is 2. The number of hydrogen-bond donors (Lipinski definition) is 0. The molecule has 2 heterocycles. The number of piperazine rings is 1. The van der Waals surface area contributed by atoms with E-state index in [4.69, 9.17) is 4.74 Å². The van der Waals surface area contributed by atoms with Crippen LogP contribution in [0.4, 0.5) is 23.2 Å². The highest BCUT2D eigenvalue weighted by Crippen LogP contribution is 2.38. The first-order valence-corrected chi connectivity index (χ1v) is 13.9. The summed E-state index contributed by atoms with van der Waals surface area (Å²) in [6.07, 6.45) is 0.973. The minimum absolute atomic E-state index is 0.154. The van der Waals surface area contributed by atoms with E-state index in [9.17, 15) is 30.8 Å². The Balaban J connectivity index is 1.55. The number of sulfonamides is 1. The molecular weight excluding hydrogens is 540 g/mol. The standard InChI is InChI=1S/C26H26F4N4O4S/c1-15(2)39(36,37)33-7-5-32(6-8-33)23-14-31-34(19-10-16(27)9-17(28)11-19)26(35)25(23)38-24-4-3-20-21(24)12-18(29)13-22(20)30/h9-15,24H,3-8H2,1-2H3. The van der Waals surface area contributed by atoms with Gasteiger partial charge in [0.25, 0.3) is 0 Å². The zero-order valence-corrected chi connectivity index (χ0v) is 22.0. The molecule has 2 aromatic carbocycles. The highest BCUT2D eigenvalue weighted by atomic mass is 32.2. The second kappa shape index (κ2) is 10.3. The van der Waals surface area contributed by atoms with E-state index in [0.717, 1.165) is 28.9 Å². The van der Waals surface area contributed by atoms with E-state index in [0.29, 0.717) is 6.07 Å². The van der Waals surface area contributed by atoms with Gasteiger partial charge in [0.05, 0.1) is 17.1 Å². The van der Waals surface area contributed by atoms with Crippen LogP contribution < -0.4 is 15.2 Å². The fourth-order valence-corrected chi connectivity index (χ4v) is 6.23. The van der Waals surface area contributed by atoms with Crippen molar-refractivity contribution in [1.29, 1.82) is 0 Å². The van der Waals surface area contributed by atoms with E-state index >= 15 is 0 Å². The fraction of sp³-hybridized carbons (Fsp3) is 0.385. The molecule has 1 fully saturated rings. The van der Waals surface area contributed by atoms with E-state index in [-0.39, 0.29) is 67.3 Å². The molecule has 39 heavy (non-hydrogen) atoms. The largest absolute Gasteiger partial charge is 0.478 e. The Labute approximate surface area is 222 Å². The van der Waals surface area contributed by atoms with Gasteiger partial charge in [-0.05, 0) is 50.5 Å². The van der Waals surface area contributed by atoms with Crippen molar-refractivity contribution in [2.75, 3.05) is 31.1 Å². The molecule has 1 aliphatic heterocycles. The third kappa shape index (κ3) is 5.12. The number of halogens is 4. The lowest BCUT2D eigenvalue weighted by atomic mass is 10.1. The number of nitrogens with zero attached hydrogens (tertiary/aromatic N) is 4. The summed E-state index contributed by atoms with van der Waals surface area (Å²) in [6, 6.07) is 4.48. The molecule has 13 heteroatoms. The van der Waals surface area contributed by atoms with E-state index in [1.165, 1.54) is 10.5 Å². The average molecular weight is 567 g/mol. The fourth-order valence-electron chi connectivity index (χ4n) is 4.96. The highest BCUT2D eigenvalue weighted by molar-refractivity contribution is 7.89. The molecule has 1 saturated heterocycles. The molecule has 0 radical (unpaired) electrons. The smallest absolute Gasteiger partial charge is 0.316 e. The first-order chi connectivity index (χ1) is 18.5. The maximum absolute atomic E-state index is 14.4. The Morgan fingerprint density at radius 3 is 2.23 bits per heavy atom. The Hall–Kier alpha value is -3.45. The van der Waals surface area contributed by atoms with Crippen molar-refractivity contribution in [1.82, 2.24) is 14.1 Å². The van der Waals surface area contributed by atoms with Crippen molar-refractivity contribution in [2.24, 2.45) is 0 Å². The maximum atomic E-state index is 14.4. The number of ether oxygens (including phenoxy) is 1. The van der Waals surface area contributed by atoms with Gasteiger partial charge in [0.1, 0.15) is 35.1 Å². The average Bonchev–Trinajstić information content (AvgIpc) is 3.27. The van der Waals surface area contributed by atoms with Crippen LogP contribution in [0.5, 0.6) is 5.75 Å². The Morgan fingerprint density at radius 1 is 0.949 bits per heavy atom. The molecule has 1 aliphatic carbocycles. The van der Waals surface area contributed by atoms with Crippen molar-refractivity contribution in [3.63, 3.8) is 0 Å². The van der Waals surface area contributed by atoms with Gasteiger partial charge >= 0.3 is 5.56 Å². The summed E-state index contributed by atoms with van der Waals surface area (Å²) in [4.78, 5) is 15.4. The molecule has 5 rings (SSSR count). The van der Waals surface area contributed by atoms with Crippen LogP contribution in [0.1, 0.15) is 37.5 Å². The minimum Gasteiger partial charge on any atom is -0.478 e. The predicted octanol–water partition coefficient (Wildman–Crippen LogP) is 3.72. The third-order valence-corrected chi connectivity index (χ3v) is 9.28. The molecule has 0 amide bonds. The monoisotopic (exact) mass is 566 g/mol. The molecule has 1 atom stereocenters. The van der Waals surface area contributed by atoms with Crippen molar-refractivity contribution < 1.29 is 30.7 Å². The molecule has 0 saturated carbocycles. The summed E-state index contributed by atoms with van der Waals surface area (Å²) in [5.41, 5.74) is -0.214. The summed E-state index contributed by atoms with van der Waals surface area (Å²) in [5.74, 6) is -3.54. The van der Waals surface area contributed by atoms with E-state index < -0.39 is 50.2 Å². The number of fused-ring (bicyclic) bond motifs is 1. The van der Waals surface area contributed by atoms with Crippen LogP contribution in [0.3, 0.4) is 0 Å². The summed E-state index contributed by atoms with van der Waals surface area (Å²) in [7, 11) is -3.48. The van der Waals surface area contributed by atoms with Gasteiger partial charge in [-0.3, -0.25) is 4.79 Å². The summed E-state index contributed by atoms with van der Waals surface area (Å²) in [5, 5.41) is 3.51. The van der Waals surface area contributed by atoms with Crippen LogP contribution in [0.15, 0.2) is 41.3 Å². The molecule has 3 aromatic rings.